The average molecular weight is 264 g/mol. The van der Waals surface area contributed by atoms with Gasteiger partial charge in [0, 0.05) is 17.8 Å². The van der Waals surface area contributed by atoms with Crippen molar-refractivity contribution in [2.45, 2.75) is 6.92 Å². The molecule has 94 valence electrons. The molecular weight excluding hydrogens is 250 g/mol. The number of hydrogen-bond acceptors (Lipinski definition) is 5. The summed E-state index contributed by atoms with van der Waals surface area (Å²) in [6.45, 7) is 1.98. The summed E-state index contributed by atoms with van der Waals surface area (Å²) in [6, 6.07) is 5.60. The van der Waals surface area contributed by atoms with Gasteiger partial charge >= 0.3 is 0 Å². The smallest absolute Gasteiger partial charge is 0.159 e. The van der Waals surface area contributed by atoms with E-state index in [4.69, 9.17) is 17.3 Å². The fourth-order valence-corrected chi connectivity index (χ4v) is 1.72. The normalized spacial score (nSPS) is 10.2. The van der Waals surface area contributed by atoms with Crippen molar-refractivity contribution < 1.29 is 0 Å². The van der Waals surface area contributed by atoms with E-state index in [1.807, 2.05) is 25.1 Å². The Morgan fingerprint density at radius 1 is 1.22 bits per heavy atom. The Hall–Kier alpha value is -2.01. The third kappa shape index (κ3) is 2.46. The first-order valence-corrected chi connectivity index (χ1v) is 5.81. The van der Waals surface area contributed by atoms with E-state index in [0.717, 1.165) is 11.3 Å². The summed E-state index contributed by atoms with van der Waals surface area (Å²) in [6.07, 6.45) is 1.45. The van der Waals surface area contributed by atoms with Gasteiger partial charge in [-0.1, -0.05) is 17.7 Å². The molecule has 0 aliphatic heterocycles. The molecule has 0 bridgehead atoms. The Kier molecular flexibility index (Phi) is 3.53. The van der Waals surface area contributed by atoms with Gasteiger partial charge in [-0.15, -0.1) is 0 Å². The maximum Gasteiger partial charge on any atom is 0.159 e. The lowest BCUT2D eigenvalue weighted by Gasteiger charge is -2.12. The van der Waals surface area contributed by atoms with Gasteiger partial charge in [-0.3, -0.25) is 0 Å². The number of anilines is 4. The van der Waals surface area contributed by atoms with Gasteiger partial charge in [0.1, 0.15) is 12.0 Å². The highest BCUT2D eigenvalue weighted by Crippen LogP contribution is 2.28. The molecular formula is C12H14ClN5. The Labute approximate surface area is 110 Å². The fraction of sp³-hybridized carbons (Fsp3) is 0.167. The molecule has 0 saturated heterocycles. The highest BCUT2D eigenvalue weighted by atomic mass is 35.5. The molecule has 0 radical (unpaired) electrons. The SMILES string of the molecule is CNc1ncnc(Nc2cc(Cl)ccc2C)c1N. The number of nitrogens with zero attached hydrogens (tertiary/aromatic N) is 2. The van der Waals surface area contributed by atoms with E-state index in [1.165, 1.54) is 6.33 Å². The van der Waals surface area contributed by atoms with Crippen LogP contribution in [0.4, 0.5) is 23.0 Å². The van der Waals surface area contributed by atoms with Gasteiger partial charge in [0.15, 0.2) is 11.6 Å². The van der Waals surface area contributed by atoms with E-state index < -0.39 is 0 Å². The molecule has 0 aliphatic carbocycles. The van der Waals surface area contributed by atoms with Gasteiger partial charge in [0.05, 0.1) is 0 Å². The van der Waals surface area contributed by atoms with Crippen LogP contribution in [0.1, 0.15) is 5.56 Å². The molecule has 2 aromatic rings. The van der Waals surface area contributed by atoms with E-state index in [1.54, 1.807) is 7.05 Å². The molecule has 2 rings (SSSR count). The maximum absolute atomic E-state index is 5.97. The second-order valence-corrected chi connectivity index (χ2v) is 4.26. The van der Waals surface area contributed by atoms with Crippen molar-refractivity contribution in [3.63, 3.8) is 0 Å². The number of halogens is 1. The Bertz CT molecular complexity index is 570. The van der Waals surface area contributed by atoms with Crippen LogP contribution in [-0.2, 0) is 0 Å². The third-order valence-electron chi connectivity index (χ3n) is 2.57. The Morgan fingerprint density at radius 3 is 2.67 bits per heavy atom. The van der Waals surface area contributed by atoms with Crippen LogP contribution in [-0.4, -0.2) is 17.0 Å². The van der Waals surface area contributed by atoms with Crippen LogP contribution in [0.3, 0.4) is 0 Å². The van der Waals surface area contributed by atoms with Crippen molar-refractivity contribution in [1.29, 1.82) is 0 Å². The second kappa shape index (κ2) is 5.10. The molecule has 1 heterocycles. The van der Waals surface area contributed by atoms with Crippen molar-refractivity contribution in [1.82, 2.24) is 9.97 Å². The number of rotatable bonds is 3. The fourth-order valence-electron chi connectivity index (χ4n) is 1.55. The summed E-state index contributed by atoms with van der Waals surface area (Å²) >= 11 is 5.97. The number of aryl methyl sites for hydroxylation is 1. The number of nitrogen functional groups attached to an aromatic ring is 1. The third-order valence-corrected chi connectivity index (χ3v) is 2.81. The lowest BCUT2D eigenvalue weighted by molar-refractivity contribution is 1.16. The van der Waals surface area contributed by atoms with Gasteiger partial charge in [-0.05, 0) is 24.6 Å². The Balaban J connectivity index is 2.37. The zero-order valence-corrected chi connectivity index (χ0v) is 10.9. The predicted octanol–water partition coefficient (Wildman–Crippen LogP) is 2.81. The molecule has 0 amide bonds. The van der Waals surface area contributed by atoms with Crippen LogP contribution in [0, 0.1) is 6.92 Å². The molecule has 1 aromatic carbocycles. The van der Waals surface area contributed by atoms with Crippen molar-refractivity contribution in [3.05, 3.63) is 35.1 Å². The van der Waals surface area contributed by atoms with E-state index >= 15 is 0 Å². The monoisotopic (exact) mass is 263 g/mol. The molecule has 0 spiro atoms. The van der Waals surface area contributed by atoms with Gasteiger partial charge in [0.2, 0.25) is 0 Å². The summed E-state index contributed by atoms with van der Waals surface area (Å²) in [4.78, 5) is 8.15. The molecule has 0 atom stereocenters. The zero-order valence-electron chi connectivity index (χ0n) is 10.2. The molecule has 6 heteroatoms. The Morgan fingerprint density at radius 2 is 1.94 bits per heavy atom. The molecule has 0 aliphatic rings. The van der Waals surface area contributed by atoms with Crippen LogP contribution in [0.5, 0.6) is 0 Å². The van der Waals surface area contributed by atoms with Gasteiger partial charge in [-0.2, -0.15) is 0 Å². The van der Waals surface area contributed by atoms with Gasteiger partial charge in [-0.25, -0.2) is 9.97 Å². The minimum Gasteiger partial charge on any atom is -0.393 e. The average Bonchev–Trinajstić information content (AvgIpc) is 2.36. The van der Waals surface area contributed by atoms with Crippen molar-refractivity contribution >= 4 is 34.6 Å². The molecule has 5 nitrogen and oxygen atoms in total. The quantitative estimate of drug-likeness (QED) is 0.794. The molecule has 4 N–H and O–H groups in total. The maximum atomic E-state index is 5.97. The molecule has 1 aromatic heterocycles. The van der Waals surface area contributed by atoms with Crippen LogP contribution >= 0.6 is 11.6 Å². The highest BCUT2D eigenvalue weighted by molar-refractivity contribution is 6.30. The summed E-state index contributed by atoms with van der Waals surface area (Å²) in [7, 11) is 1.76. The highest BCUT2D eigenvalue weighted by Gasteiger charge is 2.08. The number of aromatic nitrogens is 2. The van der Waals surface area contributed by atoms with Crippen molar-refractivity contribution in [3.8, 4) is 0 Å². The van der Waals surface area contributed by atoms with E-state index in [0.29, 0.717) is 22.3 Å². The summed E-state index contributed by atoms with van der Waals surface area (Å²) in [5.41, 5.74) is 8.35. The molecule has 0 saturated carbocycles. The lowest BCUT2D eigenvalue weighted by Crippen LogP contribution is -2.05. The van der Waals surface area contributed by atoms with Crippen molar-refractivity contribution in [2.24, 2.45) is 0 Å². The lowest BCUT2D eigenvalue weighted by atomic mass is 10.2. The van der Waals surface area contributed by atoms with Crippen LogP contribution in [0.15, 0.2) is 24.5 Å². The molecule has 0 fully saturated rings. The van der Waals surface area contributed by atoms with E-state index in [9.17, 15) is 0 Å². The zero-order chi connectivity index (χ0) is 13.1. The molecule has 18 heavy (non-hydrogen) atoms. The first kappa shape index (κ1) is 12.4. The number of benzene rings is 1. The summed E-state index contributed by atoms with van der Waals surface area (Å²) in [5, 5.41) is 6.72. The number of hydrogen-bond donors (Lipinski definition) is 3. The van der Waals surface area contributed by atoms with Crippen LogP contribution in [0.2, 0.25) is 5.02 Å². The number of nitrogens with one attached hydrogen (secondary N) is 2. The van der Waals surface area contributed by atoms with Gasteiger partial charge in [0.25, 0.3) is 0 Å². The van der Waals surface area contributed by atoms with Gasteiger partial charge < -0.3 is 16.4 Å². The first-order chi connectivity index (χ1) is 8.61. The minimum atomic E-state index is 0.472. The van der Waals surface area contributed by atoms with E-state index in [-0.39, 0.29) is 0 Å². The molecule has 0 unspecified atom stereocenters. The number of nitrogens with two attached hydrogens (primary N) is 1. The van der Waals surface area contributed by atoms with Crippen molar-refractivity contribution in [2.75, 3.05) is 23.4 Å². The topological polar surface area (TPSA) is 75.9 Å². The standard InChI is InChI=1S/C12H14ClN5/c1-7-3-4-8(13)5-9(7)18-12-10(14)11(15-2)16-6-17-12/h3-6H,14H2,1-2H3,(H2,15,16,17,18). The minimum absolute atomic E-state index is 0.472. The first-order valence-electron chi connectivity index (χ1n) is 5.43. The summed E-state index contributed by atoms with van der Waals surface area (Å²) < 4.78 is 0. The second-order valence-electron chi connectivity index (χ2n) is 3.82. The summed E-state index contributed by atoms with van der Waals surface area (Å²) in [5.74, 6) is 1.15. The van der Waals surface area contributed by atoms with Crippen LogP contribution in [0.25, 0.3) is 0 Å². The predicted molar refractivity (Wildman–Crippen MR) is 75.5 cm³/mol. The van der Waals surface area contributed by atoms with E-state index in [2.05, 4.69) is 20.6 Å². The largest absolute Gasteiger partial charge is 0.393 e. The van der Waals surface area contributed by atoms with Crippen LogP contribution < -0.4 is 16.4 Å².